The van der Waals surface area contributed by atoms with Crippen LogP contribution >= 0.6 is 0 Å². The highest BCUT2D eigenvalue weighted by Crippen LogP contribution is 2.61. The van der Waals surface area contributed by atoms with Crippen LogP contribution < -0.4 is 0 Å². The molecule has 2 saturated heterocycles. The topological polar surface area (TPSA) is 198 Å². The second kappa shape index (κ2) is 12.9. The average molecular weight is 615 g/mol. The van der Waals surface area contributed by atoms with Crippen LogP contribution in [-0.2, 0) is 76.1 Å². The molecule has 0 amide bonds. The first-order chi connectivity index (χ1) is 20.2. The van der Waals surface area contributed by atoms with Gasteiger partial charge in [-0.05, 0) is 6.08 Å². The van der Waals surface area contributed by atoms with Gasteiger partial charge < -0.3 is 47.4 Å². The molecule has 4 aliphatic rings. The summed E-state index contributed by atoms with van der Waals surface area (Å²) in [7, 11) is 0. The van der Waals surface area contributed by atoms with Crippen molar-refractivity contribution in [2.45, 2.75) is 96.3 Å². The van der Waals surface area contributed by atoms with E-state index >= 15 is 0 Å². The number of ether oxygens (including phenoxy) is 10. The number of carbonyl (C=O) groups excluding carboxylic acids is 6. The molecule has 11 atom stereocenters. The molecule has 0 radical (unpaired) electrons. The number of hydrogen-bond donors (Lipinski definition) is 0. The van der Waals surface area contributed by atoms with Crippen molar-refractivity contribution < 1.29 is 76.1 Å². The molecule has 0 aromatic heterocycles. The predicted octanol–water partition coefficient (Wildman–Crippen LogP) is -0.165. The van der Waals surface area contributed by atoms with Gasteiger partial charge in [-0.2, -0.15) is 0 Å². The minimum absolute atomic E-state index is 0.207. The van der Waals surface area contributed by atoms with E-state index in [4.69, 9.17) is 47.4 Å². The van der Waals surface area contributed by atoms with Crippen molar-refractivity contribution in [2.75, 3.05) is 13.2 Å². The second-order valence-electron chi connectivity index (χ2n) is 10.5. The maximum atomic E-state index is 12.2. The fourth-order valence-electron chi connectivity index (χ4n) is 5.79. The SMILES string of the molecule is CC(=O)OC[C@H]1O[C@@H](O[C@@H]2OC=C[C@H]3[C@H](OC(C)=O)[C@@H]4O[C@]4(COC(C)=O)[C@@H]23)[C@H](OC(C)=O)[C@@H](OC(C)=O)[C@@H]1OC(C)=O. The highest BCUT2D eigenvalue weighted by Gasteiger charge is 2.78. The first-order valence-electron chi connectivity index (χ1n) is 13.5. The lowest BCUT2D eigenvalue weighted by molar-refractivity contribution is -0.346. The molecule has 43 heavy (non-hydrogen) atoms. The molecule has 1 saturated carbocycles. The highest BCUT2D eigenvalue weighted by atomic mass is 16.8. The van der Waals surface area contributed by atoms with Crippen LogP contribution in [0.2, 0.25) is 0 Å². The Labute approximate surface area is 246 Å². The Balaban J connectivity index is 1.69. The van der Waals surface area contributed by atoms with Crippen molar-refractivity contribution in [2.24, 2.45) is 11.8 Å². The van der Waals surface area contributed by atoms with Crippen molar-refractivity contribution in [3.63, 3.8) is 0 Å². The molecular formula is C27H34O16. The molecule has 0 unspecified atom stereocenters. The fraction of sp³-hybridized carbons (Fsp3) is 0.704. The van der Waals surface area contributed by atoms with Crippen LogP contribution in [0.3, 0.4) is 0 Å². The van der Waals surface area contributed by atoms with Gasteiger partial charge in [-0.25, -0.2) is 0 Å². The molecular weight excluding hydrogens is 580 g/mol. The maximum Gasteiger partial charge on any atom is 0.303 e. The highest BCUT2D eigenvalue weighted by molar-refractivity contribution is 5.69. The number of hydrogen-bond acceptors (Lipinski definition) is 16. The van der Waals surface area contributed by atoms with Gasteiger partial charge in [0.05, 0.1) is 12.2 Å². The van der Waals surface area contributed by atoms with Crippen LogP contribution in [0.25, 0.3) is 0 Å². The lowest BCUT2D eigenvalue weighted by Gasteiger charge is -2.46. The van der Waals surface area contributed by atoms with Gasteiger partial charge in [0.2, 0.25) is 12.6 Å². The van der Waals surface area contributed by atoms with Gasteiger partial charge in [-0.15, -0.1) is 0 Å². The first-order valence-corrected chi connectivity index (χ1v) is 13.5. The van der Waals surface area contributed by atoms with Gasteiger partial charge in [0.1, 0.15) is 37.1 Å². The van der Waals surface area contributed by atoms with Crippen molar-refractivity contribution in [3.8, 4) is 0 Å². The third kappa shape index (κ3) is 7.08. The molecule has 3 heterocycles. The molecule has 4 rings (SSSR count). The molecule has 0 bridgehead atoms. The maximum absolute atomic E-state index is 12.2. The van der Waals surface area contributed by atoms with E-state index in [9.17, 15) is 28.8 Å². The van der Waals surface area contributed by atoms with E-state index in [-0.39, 0.29) is 6.61 Å². The zero-order valence-corrected chi connectivity index (χ0v) is 24.4. The molecule has 3 fully saturated rings. The molecule has 238 valence electrons. The summed E-state index contributed by atoms with van der Waals surface area (Å²) < 4.78 is 56.2. The van der Waals surface area contributed by atoms with Gasteiger partial charge in [0.15, 0.2) is 18.3 Å². The van der Waals surface area contributed by atoms with Gasteiger partial charge in [-0.1, -0.05) is 0 Å². The minimum Gasteiger partial charge on any atom is -0.472 e. The van der Waals surface area contributed by atoms with Gasteiger partial charge in [0, 0.05) is 47.5 Å². The smallest absolute Gasteiger partial charge is 0.303 e. The van der Waals surface area contributed by atoms with E-state index < -0.39 is 109 Å². The van der Waals surface area contributed by atoms with E-state index in [0.717, 1.165) is 27.7 Å². The fourth-order valence-corrected chi connectivity index (χ4v) is 5.79. The Bertz CT molecular complexity index is 1170. The summed E-state index contributed by atoms with van der Waals surface area (Å²) in [5.41, 5.74) is -1.16. The summed E-state index contributed by atoms with van der Waals surface area (Å²) in [4.78, 5) is 71.5. The van der Waals surface area contributed by atoms with E-state index in [2.05, 4.69) is 0 Å². The molecule has 0 spiro atoms. The van der Waals surface area contributed by atoms with E-state index in [0.29, 0.717) is 0 Å². The Morgan fingerprint density at radius 3 is 1.81 bits per heavy atom. The van der Waals surface area contributed by atoms with E-state index in [1.54, 1.807) is 6.08 Å². The van der Waals surface area contributed by atoms with Crippen molar-refractivity contribution >= 4 is 35.8 Å². The summed E-state index contributed by atoms with van der Waals surface area (Å²) in [6.45, 7) is 6.27. The van der Waals surface area contributed by atoms with Gasteiger partial charge >= 0.3 is 35.8 Å². The van der Waals surface area contributed by atoms with Crippen LogP contribution in [0.4, 0.5) is 0 Å². The van der Waals surface area contributed by atoms with Crippen molar-refractivity contribution in [1.29, 1.82) is 0 Å². The Morgan fingerprint density at radius 1 is 0.674 bits per heavy atom. The standard InChI is InChI=1S/C27H34O16/c1-11(28)35-9-18-21(38-14(4)31)22(39-15(5)32)23(40-16(6)33)26(41-18)42-25-19-17(7-8-34-25)20(37-13(3)30)24-27(19,43-24)10-36-12(2)29/h7-8,17-26H,9-10H2,1-6H3/t17-,18-,19-,20+,21-,22+,23-,24+,25+,26+,27-/m1/s1. The number of carbonyl (C=O) groups is 6. The number of fused-ring (bicyclic) bond motifs is 3. The molecule has 0 aromatic rings. The minimum atomic E-state index is -1.55. The summed E-state index contributed by atoms with van der Waals surface area (Å²) in [5, 5.41) is 0. The third-order valence-corrected chi connectivity index (χ3v) is 7.25. The molecule has 1 aliphatic carbocycles. The van der Waals surface area contributed by atoms with E-state index in [1.165, 1.54) is 20.1 Å². The average Bonchev–Trinajstić information content (AvgIpc) is 3.56. The first kappa shape index (κ1) is 32.2. The van der Waals surface area contributed by atoms with Gasteiger partial charge in [0.25, 0.3) is 0 Å². The number of rotatable bonds is 10. The van der Waals surface area contributed by atoms with Crippen LogP contribution in [0.15, 0.2) is 12.3 Å². The summed E-state index contributed by atoms with van der Waals surface area (Å²) >= 11 is 0. The molecule has 0 N–H and O–H groups in total. The molecule has 3 aliphatic heterocycles. The molecule has 16 heteroatoms. The normalized spacial score (nSPS) is 37.0. The quantitative estimate of drug-likeness (QED) is 0.178. The van der Waals surface area contributed by atoms with Crippen LogP contribution in [0.5, 0.6) is 0 Å². The van der Waals surface area contributed by atoms with Gasteiger partial charge in [-0.3, -0.25) is 28.8 Å². The van der Waals surface area contributed by atoms with Crippen molar-refractivity contribution in [3.05, 3.63) is 12.3 Å². The zero-order chi connectivity index (χ0) is 31.6. The van der Waals surface area contributed by atoms with Crippen LogP contribution in [0.1, 0.15) is 41.5 Å². The number of epoxide rings is 1. The summed E-state index contributed by atoms with van der Waals surface area (Å²) in [6, 6.07) is 0. The Kier molecular flexibility index (Phi) is 9.61. The Morgan fingerprint density at radius 2 is 1.23 bits per heavy atom. The molecule has 0 aromatic carbocycles. The number of esters is 6. The predicted molar refractivity (Wildman–Crippen MR) is 134 cm³/mol. The van der Waals surface area contributed by atoms with Crippen LogP contribution in [0, 0.1) is 11.8 Å². The summed E-state index contributed by atoms with van der Waals surface area (Å²) in [5.74, 6) is -5.45. The Hall–Kier alpha value is -3.76. The van der Waals surface area contributed by atoms with E-state index in [1.807, 2.05) is 0 Å². The second-order valence-corrected chi connectivity index (χ2v) is 10.5. The monoisotopic (exact) mass is 614 g/mol. The zero-order valence-electron chi connectivity index (χ0n) is 24.4. The van der Waals surface area contributed by atoms with Crippen molar-refractivity contribution in [1.82, 2.24) is 0 Å². The third-order valence-electron chi connectivity index (χ3n) is 7.25. The summed E-state index contributed by atoms with van der Waals surface area (Å²) in [6.07, 6.45) is -6.80. The van der Waals surface area contributed by atoms with Crippen LogP contribution in [-0.4, -0.2) is 104 Å². The lowest BCUT2D eigenvalue weighted by atomic mass is 9.85. The largest absolute Gasteiger partial charge is 0.472 e. The lowest BCUT2D eigenvalue weighted by Crippen LogP contribution is -2.64. The molecule has 16 nitrogen and oxygen atoms in total.